The van der Waals surface area contributed by atoms with E-state index in [1.54, 1.807) is 30.5 Å². The molecule has 2 aromatic rings. The van der Waals surface area contributed by atoms with Gasteiger partial charge < -0.3 is 11.1 Å². The van der Waals surface area contributed by atoms with Crippen LogP contribution in [0, 0.1) is 11.3 Å². The van der Waals surface area contributed by atoms with E-state index in [1.807, 2.05) is 6.07 Å². The molecule has 0 aliphatic carbocycles. The van der Waals surface area contributed by atoms with Gasteiger partial charge in [0.1, 0.15) is 6.54 Å². The third kappa shape index (κ3) is 2.86. The second-order valence-corrected chi connectivity index (χ2v) is 3.71. The number of nitrogens with two attached hydrogens (primary N) is 1. The van der Waals surface area contributed by atoms with Gasteiger partial charge in [-0.05, 0) is 18.2 Å². The van der Waals surface area contributed by atoms with E-state index in [0.29, 0.717) is 16.9 Å². The molecule has 0 saturated carbocycles. The average molecular weight is 241 g/mol. The Kier molecular flexibility index (Phi) is 3.25. The fourth-order valence-electron chi connectivity index (χ4n) is 1.48. The maximum absolute atomic E-state index is 11.7. The van der Waals surface area contributed by atoms with E-state index in [1.165, 1.54) is 10.9 Å². The largest absolute Gasteiger partial charge is 0.396 e. The fourth-order valence-corrected chi connectivity index (χ4v) is 1.48. The first kappa shape index (κ1) is 11.7. The highest BCUT2D eigenvalue weighted by Crippen LogP contribution is 2.09. The van der Waals surface area contributed by atoms with Gasteiger partial charge >= 0.3 is 0 Å². The molecule has 0 atom stereocenters. The zero-order valence-corrected chi connectivity index (χ0v) is 9.50. The van der Waals surface area contributed by atoms with Gasteiger partial charge in [0.2, 0.25) is 5.91 Å². The molecule has 0 spiro atoms. The number of rotatable bonds is 3. The van der Waals surface area contributed by atoms with Gasteiger partial charge in [0.15, 0.2) is 0 Å². The van der Waals surface area contributed by atoms with Crippen LogP contribution in [0.2, 0.25) is 0 Å². The van der Waals surface area contributed by atoms with Crippen molar-refractivity contribution in [2.75, 3.05) is 11.1 Å². The summed E-state index contributed by atoms with van der Waals surface area (Å²) in [5.41, 5.74) is 7.08. The predicted octanol–water partition coefficient (Wildman–Crippen LogP) is 0.976. The maximum Gasteiger partial charge on any atom is 0.246 e. The summed E-state index contributed by atoms with van der Waals surface area (Å²) < 4.78 is 1.44. The van der Waals surface area contributed by atoms with Crippen LogP contribution in [0.1, 0.15) is 5.56 Å². The lowest BCUT2D eigenvalue weighted by Crippen LogP contribution is -2.19. The van der Waals surface area contributed by atoms with Crippen molar-refractivity contribution in [1.29, 1.82) is 5.26 Å². The van der Waals surface area contributed by atoms with E-state index in [9.17, 15) is 4.79 Å². The average Bonchev–Trinajstić information content (AvgIpc) is 2.74. The minimum absolute atomic E-state index is 0.0774. The molecule has 1 amide bonds. The molecule has 0 bridgehead atoms. The van der Waals surface area contributed by atoms with Crippen molar-refractivity contribution in [1.82, 2.24) is 9.78 Å². The Hall–Kier alpha value is -2.81. The van der Waals surface area contributed by atoms with Crippen molar-refractivity contribution in [2.45, 2.75) is 6.54 Å². The Bertz CT molecular complexity index is 611. The lowest BCUT2D eigenvalue weighted by atomic mass is 10.2. The molecule has 2 rings (SSSR count). The number of nitrogens with one attached hydrogen (secondary N) is 1. The van der Waals surface area contributed by atoms with Gasteiger partial charge in [-0.15, -0.1) is 0 Å². The van der Waals surface area contributed by atoms with Crippen LogP contribution in [0.4, 0.5) is 11.4 Å². The number of carbonyl (C=O) groups is 1. The Morgan fingerprint density at radius 1 is 1.56 bits per heavy atom. The zero-order chi connectivity index (χ0) is 13.0. The Morgan fingerprint density at radius 3 is 3.06 bits per heavy atom. The number of hydrogen-bond donors (Lipinski definition) is 2. The van der Waals surface area contributed by atoms with Crippen LogP contribution >= 0.6 is 0 Å². The second kappa shape index (κ2) is 5.01. The molecule has 18 heavy (non-hydrogen) atoms. The van der Waals surface area contributed by atoms with Crippen molar-refractivity contribution < 1.29 is 4.79 Å². The van der Waals surface area contributed by atoms with E-state index < -0.39 is 0 Å². The molecule has 1 heterocycles. The molecule has 1 aromatic heterocycles. The first-order valence-corrected chi connectivity index (χ1v) is 5.25. The lowest BCUT2D eigenvalue weighted by molar-refractivity contribution is -0.116. The Labute approximate surface area is 104 Å². The molecule has 1 aromatic carbocycles. The minimum Gasteiger partial charge on any atom is -0.396 e. The van der Waals surface area contributed by atoms with Gasteiger partial charge in [0, 0.05) is 11.9 Å². The van der Waals surface area contributed by atoms with Crippen molar-refractivity contribution in [3.8, 4) is 6.07 Å². The van der Waals surface area contributed by atoms with Crippen molar-refractivity contribution in [3.05, 3.63) is 42.2 Å². The number of nitriles is 1. The van der Waals surface area contributed by atoms with Crippen molar-refractivity contribution in [2.24, 2.45) is 0 Å². The lowest BCUT2D eigenvalue weighted by Gasteiger charge is -2.05. The smallest absolute Gasteiger partial charge is 0.246 e. The molecule has 3 N–H and O–H groups in total. The number of aromatic nitrogens is 2. The summed E-state index contributed by atoms with van der Waals surface area (Å²) in [5, 5.41) is 15.3. The van der Waals surface area contributed by atoms with Crippen LogP contribution in [0.5, 0.6) is 0 Å². The molecular formula is C12H11N5O. The third-order valence-electron chi connectivity index (χ3n) is 2.23. The maximum atomic E-state index is 11.7. The van der Waals surface area contributed by atoms with Crippen LogP contribution < -0.4 is 11.1 Å². The minimum atomic E-state index is -0.229. The normalized spacial score (nSPS) is 9.72. The van der Waals surface area contributed by atoms with Crippen LogP contribution in [0.3, 0.4) is 0 Å². The van der Waals surface area contributed by atoms with Crippen LogP contribution in [-0.2, 0) is 11.3 Å². The molecule has 6 nitrogen and oxygen atoms in total. The third-order valence-corrected chi connectivity index (χ3v) is 2.23. The molecular weight excluding hydrogens is 230 g/mol. The molecule has 0 saturated heterocycles. The summed E-state index contributed by atoms with van der Waals surface area (Å²) in [6, 6.07) is 8.71. The zero-order valence-electron chi connectivity index (χ0n) is 9.50. The summed E-state index contributed by atoms with van der Waals surface area (Å²) in [5.74, 6) is -0.229. The molecule has 0 radical (unpaired) electrons. The molecule has 90 valence electrons. The number of hydrogen-bond acceptors (Lipinski definition) is 4. The van der Waals surface area contributed by atoms with E-state index in [0.717, 1.165) is 0 Å². The monoisotopic (exact) mass is 241 g/mol. The number of benzene rings is 1. The van der Waals surface area contributed by atoms with Gasteiger partial charge in [0.25, 0.3) is 0 Å². The number of nitrogens with zero attached hydrogens (tertiary/aromatic N) is 3. The number of amides is 1. The number of nitrogen functional groups attached to an aromatic ring is 1. The number of anilines is 2. The highest BCUT2D eigenvalue weighted by atomic mass is 16.2. The second-order valence-electron chi connectivity index (χ2n) is 3.71. The van der Waals surface area contributed by atoms with E-state index in [-0.39, 0.29) is 12.5 Å². The standard InChI is InChI=1S/C12H11N5O/c13-5-9-2-1-3-11(4-9)16-12(18)8-17-7-10(14)6-15-17/h1-4,6-7H,8,14H2,(H,16,18). The Balaban J connectivity index is 2.01. The topological polar surface area (TPSA) is 96.7 Å². The summed E-state index contributed by atoms with van der Waals surface area (Å²) >= 11 is 0. The SMILES string of the molecule is N#Cc1cccc(NC(=O)Cn2cc(N)cn2)c1. The summed E-state index contributed by atoms with van der Waals surface area (Å²) in [6.07, 6.45) is 3.05. The summed E-state index contributed by atoms with van der Waals surface area (Å²) in [4.78, 5) is 11.7. The number of carbonyl (C=O) groups excluding carboxylic acids is 1. The molecule has 6 heteroatoms. The summed E-state index contributed by atoms with van der Waals surface area (Å²) in [6.45, 7) is 0.0774. The van der Waals surface area contributed by atoms with Gasteiger partial charge in [-0.2, -0.15) is 10.4 Å². The van der Waals surface area contributed by atoms with Gasteiger partial charge in [-0.1, -0.05) is 6.07 Å². The van der Waals surface area contributed by atoms with E-state index >= 15 is 0 Å². The summed E-state index contributed by atoms with van der Waals surface area (Å²) in [7, 11) is 0. The van der Waals surface area contributed by atoms with Gasteiger partial charge in [0.05, 0.1) is 23.5 Å². The fraction of sp³-hybridized carbons (Fsp3) is 0.0833. The van der Waals surface area contributed by atoms with E-state index in [4.69, 9.17) is 11.0 Å². The van der Waals surface area contributed by atoms with Gasteiger partial charge in [-0.3, -0.25) is 9.48 Å². The quantitative estimate of drug-likeness (QED) is 0.836. The highest BCUT2D eigenvalue weighted by molar-refractivity contribution is 5.90. The first-order chi connectivity index (χ1) is 8.67. The highest BCUT2D eigenvalue weighted by Gasteiger charge is 2.05. The van der Waals surface area contributed by atoms with E-state index in [2.05, 4.69) is 10.4 Å². The van der Waals surface area contributed by atoms with Crippen molar-refractivity contribution in [3.63, 3.8) is 0 Å². The Morgan fingerprint density at radius 2 is 2.39 bits per heavy atom. The molecule has 0 aliphatic rings. The molecule has 0 unspecified atom stereocenters. The van der Waals surface area contributed by atoms with Crippen LogP contribution in [-0.4, -0.2) is 15.7 Å². The van der Waals surface area contributed by atoms with Crippen LogP contribution in [0.15, 0.2) is 36.7 Å². The van der Waals surface area contributed by atoms with Crippen molar-refractivity contribution >= 4 is 17.3 Å². The van der Waals surface area contributed by atoms with Crippen LogP contribution in [0.25, 0.3) is 0 Å². The van der Waals surface area contributed by atoms with Gasteiger partial charge in [-0.25, -0.2) is 0 Å². The first-order valence-electron chi connectivity index (χ1n) is 5.25. The molecule has 0 fully saturated rings. The molecule has 0 aliphatic heterocycles. The predicted molar refractivity (Wildman–Crippen MR) is 66.4 cm³/mol.